The van der Waals surface area contributed by atoms with E-state index in [-0.39, 0.29) is 6.04 Å². The Bertz CT molecular complexity index is 352. The van der Waals surface area contributed by atoms with Gasteiger partial charge in [0.25, 0.3) is 0 Å². The average molecular weight is 251 g/mol. The number of ether oxygens (including phenoxy) is 2. The summed E-state index contributed by atoms with van der Waals surface area (Å²) in [5.74, 6) is 1.000. The summed E-state index contributed by atoms with van der Waals surface area (Å²) in [6.07, 6.45) is 1.82. The molecule has 0 fully saturated rings. The van der Waals surface area contributed by atoms with E-state index in [1.807, 2.05) is 6.92 Å². The minimum atomic E-state index is 0.192. The second-order valence-electron chi connectivity index (χ2n) is 4.93. The Morgan fingerprint density at radius 1 is 1.17 bits per heavy atom. The van der Waals surface area contributed by atoms with Gasteiger partial charge in [0.15, 0.2) is 0 Å². The van der Waals surface area contributed by atoms with Crippen LogP contribution in [0, 0.1) is 13.8 Å². The van der Waals surface area contributed by atoms with Gasteiger partial charge >= 0.3 is 0 Å². The van der Waals surface area contributed by atoms with Crippen molar-refractivity contribution in [2.75, 3.05) is 20.3 Å². The standard InChI is InChI=1S/C15H25NO2/c1-11-8-14(10-13(3)16)9-12(2)15(11)18-7-5-6-17-4/h8-9,13H,5-7,10,16H2,1-4H3. The molecule has 102 valence electrons. The lowest BCUT2D eigenvalue weighted by Gasteiger charge is -2.15. The molecule has 0 aliphatic carbocycles. The fourth-order valence-electron chi connectivity index (χ4n) is 2.13. The minimum Gasteiger partial charge on any atom is -0.493 e. The first-order valence-corrected chi connectivity index (χ1v) is 6.52. The molecule has 0 saturated carbocycles. The number of aryl methyl sites for hydroxylation is 2. The normalized spacial score (nSPS) is 12.5. The fourth-order valence-corrected chi connectivity index (χ4v) is 2.13. The molecule has 1 aromatic rings. The topological polar surface area (TPSA) is 44.5 Å². The molecular formula is C15H25NO2. The van der Waals surface area contributed by atoms with Crippen molar-refractivity contribution < 1.29 is 9.47 Å². The zero-order chi connectivity index (χ0) is 13.5. The molecule has 1 atom stereocenters. The predicted molar refractivity (Wildman–Crippen MR) is 75.3 cm³/mol. The zero-order valence-electron chi connectivity index (χ0n) is 12.0. The van der Waals surface area contributed by atoms with Crippen molar-refractivity contribution in [3.8, 4) is 5.75 Å². The van der Waals surface area contributed by atoms with Crippen LogP contribution >= 0.6 is 0 Å². The van der Waals surface area contributed by atoms with Gasteiger partial charge in [-0.2, -0.15) is 0 Å². The van der Waals surface area contributed by atoms with E-state index in [4.69, 9.17) is 15.2 Å². The lowest BCUT2D eigenvalue weighted by Crippen LogP contribution is -2.18. The Morgan fingerprint density at radius 3 is 2.28 bits per heavy atom. The van der Waals surface area contributed by atoms with Crippen molar-refractivity contribution in [3.63, 3.8) is 0 Å². The fraction of sp³-hybridized carbons (Fsp3) is 0.600. The van der Waals surface area contributed by atoms with Gasteiger partial charge in [-0.25, -0.2) is 0 Å². The summed E-state index contributed by atoms with van der Waals surface area (Å²) in [7, 11) is 1.71. The van der Waals surface area contributed by atoms with Crippen LogP contribution in [0.2, 0.25) is 0 Å². The van der Waals surface area contributed by atoms with Crippen LogP contribution in [0.1, 0.15) is 30.0 Å². The Morgan fingerprint density at radius 2 is 1.78 bits per heavy atom. The van der Waals surface area contributed by atoms with Gasteiger partial charge in [-0.1, -0.05) is 12.1 Å². The monoisotopic (exact) mass is 251 g/mol. The first-order valence-electron chi connectivity index (χ1n) is 6.52. The summed E-state index contributed by atoms with van der Waals surface area (Å²) in [4.78, 5) is 0. The van der Waals surface area contributed by atoms with Gasteiger partial charge in [-0.3, -0.25) is 0 Å². The Hall–Kier alpha value is -1.06. The van der Waals surface area contributed by atoms with Crippen molar-refractivity contribution in [2.45, 2.75) is 39.7 Å². The number of methoxy groups -OCH3 is 1. The molecule has 0 aliphatic rings. The first kappa shape index (κ1) is 15.0. The lowest BCUT2D eigenvalue weighted by atomic mass is 10.0. The lowest BCUT2D eigenvalue weighted by molar-refractivity contribution is 0.171. The maximum Gasteiger partial charge on any atom is 0.125 e. The number of nitrogens with two attached hydrogens (primary N) is 1. The van der Waals surface area contributed by atoms with E-state index in [1.165, 1.54) is 16.7 Å². The van der Waals surface area contributed by atoms with Gasteiger partial charge in [0.2, 0.25) is 0 Å². The number of hydrogen-bond acceptors (Lipinski definition) is 3. The maximum atomic E-state index is 5.83. The van der Waals surface area contributed by atoms with E-state index in [2.05, 4.69) is 26.0 Å². The molecule has 3 nitrogen and oxygen atoms in total. The van der Waals surface area contributed by atoms with Crippen LogP contribution in [-0.2, 0) is 11.2 Å². The minimum absolute atomic E-state index is 0.192. The van der Waals surface area contributed by atoms with E-state index >= 15 is 0 Å². The highest BCUT2D eigenvalue weighted by molar-refractivity contribution is 5.43. The summed E-state index contributed by atoms with van der Waals surface area (Å²) in [5.41, 5.74) is 9.48. The van der Waals surface area contributed by atoms with Crippen LogP contribution in [-0.4, -0.2) is 26.4 Å². The smallest absolute Gasteiger partial charge is 0.125 e. The molecule has 0 radical (unpaired) electrons. The Labute approximate surface area is 110 Å². The van der Waals surface area contributed by atoms with E-state index in [1.54, 1.807) is 7.11 Å². The second kappa shape index (κ2) is 7.39. The van der Waals surface area contributed by atoms with E-state index < -0.39 is 0 Å². The van der Waals surface area contributed by atoms with Crippen molar-refractivity contribution in [1.82, 2.24) is 0 Å². The molecule has 2 N–H and O–H groups in total. The van der Waals surface area contributed by atoms with Gasteiger partial charge in [0, 0.05) is 26.2 Å². The molecule has 1 aromatic carbocycles. The van der Waals surface area contributed by atoms with Crippen LogP contribution < -0.4 is 10.5 Å². The third-order valence-corrected chi connectivity index (χ3v) is 2.82. The largest absolute Gasteiger partial charge is 0.493 e. The van der Waals surface area contributed by atoms with Crippen LogP contribution in [0.4, 0.5) is 0 Å². The molecule has 1 rings (SSSR count). The second-order valence-corrected chi connectivity index (χ2v) is 4.93. The molecule has 3 heteroatoms. The summed E-state index contributed by atoms with van der Waals surface area (Å²) < 4.78 is 10.8. The molecule has 0 saturated heterocycles. The molecule has 0 aliphatic heterocycles. The Kier molecular flexibility index (Phi) is 6.16. The van der Waals surface area contributed by atoms with Crippen molar-refractivity contribution in [2.24, 2.45) is 5.73 Å². The molecule has 0 spiro atoms. The highest BCUT2D eigenvalue weighted by Gasteiger charge is 2.07. The van der Waals surface area contributed by atoms with E-state index in [0.717, 1.165) is 25.2 Å². The quantitative estimate of drug-likeness (QED) is 0.758. The van der Waals surface area contributed by atoms with Crippen molar-refractivity contribution in [1.29, 1.82) is 0 Å². The number of hydrogen-bond donors (Lipinski definition) is 1. The number of benzene rings is 1. The third kappa shape index (κ3) is 4.67. The Balaban J connectivity index is 2.68. The van der Waals surface area contributed by atoms with Gasteiger partial charge in [0.05, 0.1) is 6.61 Å². The number of rotatable bonds is 7. The van der Waals surface area contributed by atoms with Crippen LogP contribution in [0.15, 0.2) is 12.1 Å². The molecular weight excluding hydrogens is 226 g/mol. The third-order valence-electron chi connectivity index (χ3n) is 2.82. The maximum absolute atomic E-state index is 5.83. The zero-order valence-corrected chi connectivity index (χ0v) is 12.0. The van der Waals surface area contributed by atoms with Crippen molar-refractivity contribution >= 4 is 0 Å². The molecule has 1 unspecified atom stereocenters. The van der Waals surface area contributed by atoms with Crippen LogP contribution in [0.25, 0.3) is 0 Å². The van der Waals surface area contributed by atoms with Crippen molar-refractivity contribution in [3.05, 3.63) is 28.8 Å². The summed E-state index contributed by atoms with van der Waals surface area (Å²) in [6.45, 7) is 7.63. The molecule has 18 heavy (non-hydrogen) atoms. The first-order chi connectivity index (χ1) is 8.54. The summed E-state index contributed by atoms with van der Waals surface area (Å²) >= 11 is 0. The molecule has 0 aromatic heterocycles. The average Bonchev–Trinajstić information content (AvgIpc) is 2.26. The highest BCUT2D eigenvalue weighted by atomic mass is 16.5. The molecule has 0 bridgehead atoms. The summed E-state index contributed by atoms with van der Waals surface area (Å²) in [6, 6.07) is 4.53. The van der Waals surface area contributed by atoms with Gasteiger partial charge in [-0.05, 0) is 43.9 Å². The van der Waals surface area contributed by atoms with Gasteiger partial charge in [0.1, 0.15) is 5.75 Å². The van der Waals surface area contributed by atoms with E-state index in [0.29, 0.717) is 6.61 Å². The van der Waals surface area contributed by atoms with Gasteiger partial charge < -0.3 is 15.2 Å². The highest BCUT2D eigenvalue weighted by Crippen LogP contribution is 2.25. The van der Waals surface area contributed by atoms with E-state index in [9.17, 15) is 0 Å². The molecule has 0 amide bonds. The van der Waals surface area contributed by atoms with Crippen LogP contribution in [0.5, 0.6) is 5.75 Å². The van der Waals surface area contributed by atoms with Crippen LogP contribution in [0.3, 0.4) is 0 Å². The predicted octanol–water partition coefficient (Wildman–Crippen LogP) is 2.61. The molecule has 0 heterocycles. The SMILES string of the molecule is COCCCOc1c(C)cc(CC(C)N)cc1C. The summed E-state index contributed by atoms with van der Waals surface area (Å²) in [5, 5.41) is 0. The van der Waals surface area contributed by atoms with Gasteiger partial charge in [-0.15, -0.1) is 0 Å².